The Balaban J connectivity index is 1.54. The van der Waals surface area contributed by atoms with E-state index >= 15 is 0 Å². The molecule has 0 saturated carbocycles. The molecule has 1 saturated heterocycles. The van der Waals surface area contributed by atoms with E-state index in [4.69, 9.17) is 9.47 Å². The highest BCUT2D eigenvalue weighted by Crippen LogP contribution is 2.35. The van der Waals surface area contributed by atoms with Crippen LogP contribution in [0.2, 0.25) is 0 Å². The molecular formula is C24H22F2N6O3. The third-order valence-electron chi connectivity index (χ3n) is 5.67. The Kier molecular flexibility index (Phi) is 6.15. The van der Waals surface area contributed by atoms with Crippen molar-refractivity contribution in [2.24, 2.45) is 0 Å². The quantitative estimate of drug-likeness (QED) is 0.385. The van der Waals surface area contributed by atoms with Crippen LogP contribution in [0.5, 0.6) is 17.4 Å². The van der Waals surface area contributed by atoms with Gasteiger partial charge in [-0.1, -0.05) is 6.07 Å². The molecule has 11 heteroatoms. The molecule has 180 valence electrons. The molecule has 9 nitrogen and oxygen atoms in total. The third-order valence-corrected chi connectivity index (χ3v) is 5.67. The van der Waals surface area contributed by atoms with E-state index in [-0.39, 0.29) is 22.8 Å². The number of rotatable bonds is 6. The number of aromatic amines is 1. The zero-order valence-corrected chi connectivity index (χ0v) is 18.8. The van der Waals surface area contributed by atoms with Gasteiger partial charge in [0.25, 0.3) is 5.56 Å². The number of nitrogens with one attached hydrogen (secondary N) is 3. The number of aromatic nitrogens is 3. The maximum absolute atomic E-state index is 14.2. The molecule has 4 aromatic rings. The molecule has 3 N–H and O–H groups in total. The van der Waals surface area contributed by atoms with Gasteiger partial charge in [-0.3, -0.25) is 4.79 Å². The second kappa shape index (κ2) is 9.55. The molecule has 0 amide bonds. The maximum atomic E-state index is 14.2. The van der Waals surface area contributed by atoms with Crippen molar-refractivity contribution in [3.05, 3.63) is 70.6 Å². The van der Waals surface area contributed by atoms with E-state index in [9.17, 15) is 13.6 Å². The van der Waals surface area contributed by atoms with Crippen molar-refractivity contribution in [2.75, 3.05) is 43.5 Å². The van der Waals surface area contributed by atoms with Gasteiger partial charge in [-0.2, -0.15) is 14.5 Å². The van der Waals surface area contributed by atoms with Crippen LogP contribution in [-0.2, 0) is 0 Å². The highest BCUT2D eigenvalue weighted by Gasteiger charge is 2.17. The first-order valence-corrected chi connectivity index (χ1v) is 10.9. The average Bonchev–Trinajstić information content (AvgIpc) is 2.87. The summed E-state index contributed by atoms with van der Waals surface area (Å²) >= 11 is 0. The molecule has 2 aromatic carbocycles. The molecule has 0 atom stereocenters. The summed E-state index contributed by atoms with van der Waals surface area (Å²) in [7, 11) is 1.55. The molecule has 3 heterocycles. The van der Waals surface area contributed by atoms with Gasteiger partial charge < -0.3 is 25.0 Å². The highest BCUT2D eigenvalue weighted by molar-refractivity contribution is 5.93. The van der Waals surface area contributed by atoms with E-state index in [1.165, 1.54) is 24.4 Å². The van der Waals surface area contributed by atoms with Crippen LogP contribution in [0.4, 0.5) is 26.0 Å². The number of H-pyrrole nitrogens is 1. The van der Waals surface area contributed by atoms with E-state index in [2.05, 4.69) is 30.7 Å². The molecule has 0 spiro atoms. The van der Waals surface area contributed by atoms with Crippen molar-refractivity contribution >= 4 is 28.0 Å². The monoisotopic (exact) mass is 480 g/mol. The Morgan fingerprint density at radius 2 is 1.91 bits per heavy atom. The standard InChI is InChI=1S/C24H22F2N6O3/c1-34-19-12-15(32-9-7-27-8-10-32)5-6-17(19)29-23-21-14(13-28-31-24(21)33)11-20(30-23)35-18-4-2-3-16(25)22(18)26/h2-6,11-13,27H,7-10H2,1H3,(H,29,30)(H,31,33). The Bertz CT molecular complexity index is 1440. The van der Waals surface area contributed by atoms with Gasteiger partial charge in [0, 0.05) is 49.4 Å². The Morgan fingerprint density at radius 3 is 2.71 bits per heavy atom. The van der Waals surface area contributed by atoms with E-state index in [1.54, 1.807) is 7.11 Å². The second-order valence-electron chi connectivity index (χ2n) is 7.87. The Labute approximate surface area is 198 Å². The number of anilines is 3. The van der Waals surface area contributed by atoms with Gasteiger partial charge in [0.15, 0.2) is 11.6 Å². The maximum Gasteiger partial charge on any atom is 0.275 e. The zero-order chi connectivity index (χ0) is 24.4. The highest BCUT2D eigenvalue weighted by atomic mass is 19.2. The molecule has 5 rings (SSSR count). The van der Waals surface area contributed by atoms with Gasteiger partial charge in [-0.05, 0) is 24.3 Å². The summed E-state index contributed by atoms with van der Waals surface area (Å²) in [4.78, 5) is 19.2. The van der Waals surface area contributed by atoms with Crippen LogP contribution in [-0.4, -0.2) is 48.5 Å². The minimum Gasteiger partial charge on any atom is -0.494 e. The fourth-order valence-corrected chi connectivity index (χ4v) is 3.95. The number of ether oxygens (including phenoxy) is 2. The van der Waals surface area contributed by atoms with E-state index < -0.39 is 17.2 Å². The van der Waals surface area contributed by atoms with Crippen molar-refractivity contribution in [3.63, 3.8) is 0 Å². The van der Waals surface area contributed by atoms with E-state index in [1.807, 2.05) is 18.2 Å². The summed E-state index contributed by atoms with van der Waals surface area (Å²) in [5, 5.41) is 13.3. The molecule has 0 bridgehead atoms. The van der Waals surface area contributed by atoms with Gasteiger partial charge in [0.2, 0.25) is 11.7 Å². The van der Waals surface area contributed by atoms with Crippen LogP contribution in [0.1, 0.15) is 0 Å². The number of nitrogens with zero attached hydrogens (tertiary/aromatic N) is 3. The van der Waals surface area contributed by atoms with Gasteiger partial charge in [0.05, 0.1) is 24.4 Å². The van der Waals surface area contributed by atoms with Crippen LogP contribution < -0.4 is 30.6 Å². The molecule has 0 radical (unpaired) electrons. The predicted octanol–water partition coefficient (Wildman–Crippen LogP) is 3.55. The van der Waals surface area contributed by atoms with Crippen molar-refractivity contribution in [1.82, 2.24) is 20.5 Å². The smallest absolute Gasteiger partial charge is 0.275 e. The second-order valence-corrected chi connectivity index (χ2v) is 7.87. The minimum atomic E-state index is -1.14. The number of fused-ring (bicyclic) bond motifs is 1. The first-order valence-electron chi connectivity index (χ1n) is 10.9. The Hall–Kier alpha value is -4.25. The summed E-state index contributed by atoms with van der Waals surface area (Å²) < 4.78 is 38.9. The average molecular weight is 480 g/mol. The van der Waals surface area contributed by atoms with Crippen molar-refractivity contribution in [2.45, 2.75) is 0 Å². The van der Waals surface area contributed by atoms with Gasteiger partial charge in [-0.15, -0.1) is 0 Å². The van der Waals surface area contributed by atoms with Crippen LogP contribution >= 0.6 is 0 Å². The number of hydrogen-bond acceptors (Lipinski definition) is 8. The van der Waals surface area contributed by atoms with Crippen LogP contribution in [0.25, 0.3) is 10.8 Å². The number of halogens is 2. The molecule has 35 heavy (non-hydrogen) atoms. The summed E-state index contributed by atoms with van der Waals surface area (Å²) in [5.41, 5.74) is 1.09. The molecule has 0 unspecified atom stereocenters. The number of pyridine rings is 1. The molecule has 1 aliphatic rings. The normalized spacial score (nSPS) is 13.6. The van der Waals surface area contributed by atoms with Crippen molar-refractivity contribution in [1.29, 1.82) is 0 Å². The van der Waals surface area contributed by atoms with E-state index in [0.717, 1.165) is 37.9 Å². The van der Waals surface area contributed by atoms with Crippen LogP contribution in [0.3, 0.4) is 0 Å². The number of hydrogen-bond donors (Lipinski definition) is 3. The molecular weight excluding hydrogens is 458 g/mol. The summed E-state index contributed by atoms with van der Waals surface area (Å²) in [6, 6.07) is 10.7. The molecule has 2 aromatic heterocycles. The topological polar surface area (TPSA) is 104 Å². The van der Waals surface area contributed by atoms with Crippen LogP contribution in [0.15, 0.2) is 53.5 Å². The van der Waals surface area contributed by atoms with Gasteiger partial charge in [-0.25, -0.2) is 9.49 Å². The van der Waals surface area contributed by atoms with Gasteiger partial charge in [0.1, 0.15) is 11.6 Å². The fraction of sp³-hybridized carbons (Fsp3) is 0.208. The molecule has 1 fully saturated rings. The molecule has 1 aliphatic heterocycles. The summed E-state index contributed by atoms with van der Waals surface area (Å²) in [6.07, 6.45) is 1.42. The lowest BCUT2D eigenvalue weighted by Gasteiger charge is -2.30. The number of methoxy groups -OCH3 is 1. The largest absolute Gasteiger partial charge is 0.494 e. The lowest BCUT2D eigenvalue weighted by molar-refractivity contribution is 0.406. The van der Waals surface area contributed by atoms with Crippen molar-refractivity contribution in [3.8, 4) is 17.4 Å². The first-order chi connectivity index (χ1) is 17.0. The third kappa shape index (κ3) is 4.58. The Morgan fingerprint density at radius 1 is 1.09 bits per heavy atom. The fourth-order valence-electron chi connectivity index (χ4n) is 3.95. The summed E-state index contributed by atoms with van der Waals surface area (Å²) in [6.45, 7) is 3.54. The zero-order valence-electron chi connectivity index (χ0n) is 18.8. The lowest BCUT2D eigenvalue weighted by Crippen LogP contribution is -2.43. The van der Waals surface area contributed by atoms with Crippen molar-refractivity contribution < 1.29 is 18.3 Å². The van der Waals surface area contributed by atoms with E-state index in [0.29, 0.717) is 16.8 Å². The number of benzene rings is 2. The number of piperazine rings is 1. The lowest BCUT2D eigenvalue weighted by atomic mass is 10.2. The SMILES string of the molecule is COc1cc(N2CCNCC2)ccc1Nc1nc(Oc2cccc(F)c2F)cc2cn[nH]c(=O)c12. The summed E-state index contributed by atoms with van der Waals surface area (Å²) in [5.74, 6) is -1.88. The van der Waals surface area contributed by atoms with Crippen LogP contribution in [0, 0.1) is 11.6 Å². The predicted molar refractivity (Wildman–Crippen MR) is 128 cm³/mol. The molecule has 0 aliphatic carbocycles. The minimum absolute atomic E-state index is 0.0479. The first kappa shape index (κ1) is 22.5. The van der Waals surface area contributed by atoms with Gasteiger partial charge >= 0.3 is 0 Å².